The average Bonchev–Trinajstić information content (AvgIpc) is 2.38. The molecule has 1 N–H and O–H groups in total. The number of para-hydroxylation sites is 1. The number of nitrogens with zero attached hydrogens (tertiary/aromatic N) is 1. The van der Waals surface area contributed by atoms with Crippen LogP contribution in [0.15, 0.2) is 48.7 Å². The van der Waals surface area contributed by atoms with Crippen LogP contribution in [0.4, 0.5) is 5.82 Å². The van der Waals surface area contributed by atoms with Crippen LogP contribution < -0.4 is 10.1 Å². The van der Waals surface area contributed by atoms with Crippen molar-refractivity contribution in [1.29, 1.82) is 0 Å². The molecule has 0 atom stereocenters. The highest BCUT2D eigenvalue weighted by Crippen LogP contribution is 2.12. The molecule has 0 saturated heterocycles. The predicted molar refractivity (Wildman–Crippen MR) is 69.8 cm³/mol. The van der Waals surface area contributed by atoms with E-state index in [1.807, 2.05) is 18.2 Å². The summed E-state index contributed by atoms with van der Waals surface area (Å²) in [6.07, 6.45) is 1.52. The molecule has 1 amide bonds. The van der Waals surface area contributed by atoms with Gasteiger partial charge in [0, 0.05) is 11.2 Å². The molecule has 0 aliphatic heterocycles. The summed E-state index contributed by atoms with van der Waals surface area (Å²) >= 11 is 5.78. The third-order valence-corrected chi connectivity index (χ3v) is 2.34. The molecule has 1 aromatic carbocycles. The Kier molecular flexibility index (Phi) is 4.15. The van der Waals surface area contributed by atoms with Gasteiger partial charge in [-0.3, -0.25) is 4.79 Å². The van der Waals surface area contributed by atoms with E-state index >= 15 is 0 Å². The first-order valence-corrected chi connectivity index (χ1v) is 5.71. The van der Waals surface area contributed by atoms with Crippen molar-refractivity contribution in [3.05, 3.63) is 53.7 Å². The van der Waals surface area contributed by atoms with E-state index < -0.39 is 0 Å². The zero-order chi connectivity index (χ0) is 12.8. The first-order valence-electron chi connectivity index (χ1n) is 5.33. The minimum absolute atomic E-state index is 0.0712. The Morgan fingerprint density at radius 2 is 2.06 bits per heavy atom. The van der Waals surface area contributed by atoms with E-state index in [1.165, 1.54) is 6.20 Å². The predicted octanol–water partition coefficient (Wildman–Crippen LogP) is 2.75. The molecule has 0 unspecified atom stereocenters. The summed E-state index contributed by atoms with van der Waals surface area (Å²) in [6, 6.07) is 12.3. The number of carbonyl (C=O) groups is 1. The maximum atomic E-state index is 11.6. The summed E-state index contributed by atoms with van der Waals surface area (Å²) in [4.78, 5) is 15.5. The summed E-state index contributed by atoms with van der Waals surface area (Å²) in [7, 11) is 0. The zero-order valence-corrected chi connectivity index (χ0v) is 10.2. The quantitative estimate of drug-likeness (QED) is 0.922. The summed E-state index contributed by atoms with van der Waals surface area (Å²) in [6.45, 7) is -0.0712. The molecule has 0 spiro atoms. The van der Waals surface area contributed by atoms with Gasteiger partial charge in [-0.1, -0.05) is 29.8 Å². The van der Waals surface area contributed by atoms with Gasteiger partial charge in [-0.25, -0.2) is 4.98 Å². The molecule has 0 saturated carbocycles. The fraction of sp³-hybridized carbons (Fsp3) is 0.0769. The van der Waals surface area contributed by atoms with Crippen molar-refractivity contribution < 1.29 is 9.53 Å². The number of nitrogens with one attached hydrogen (secondary N) is 1. The molecule has 0 aliphatic carbocycles. The largest absolute Gasteiger partial charge is 0.484 e. The topological polar surface area (TPSA) is 51.2 Å². The molecule has 92 valence electrons. The van der Waals surface area contributed by atoms with Crippen molar-refractivity contribution >= 4 is 23.3 Å². The molecule has 1 aromatic heterocycles. The second-order valence-corrected chi connectivity index (χ2v) is 3.95. The Labute approximate surface area is 110 Å². The van der Waals surface area contributed by atoms with Gasteiger partial charge in [0.15, 0.2) is 6.61 Å². The number of aromatic nitrogens is 1. The van der Waals surface area contributed by atoms with Gasteiger partial charge in [0.05, 0.1) is 0 Å². The second-order valence-electron chi connectivity index (χ2n) is 3.51. The molecule has 2 aromatic rings. The highest BCUT2D eigenvalue weighted by Gasteiger charge is 2.04. The summed E-state index contributed by atoms with van der Waals surface area (Å²) in [5.74, 6) is 0.768. The fourth-order valence-electron chi connectivity index (χ4n) is 1.32. The zero-order valence-electron chi connectivity index (χ0n) is 9.47. The Bertz CT molecular complexity index is 532. The van der Waals surface area contributed by atoms with Gasteiger partial charge in [0.1, 0.15) is 11.6 Å². The van der Waals surface area contributed by atoms with E-state index in [4.69, 9.17) is 16.3 Å². The lowest BCUT2D eigenvalue weighted by Gasteiger charge is -2.06. The van der Waals surface area contributed by atoms with Crippen LogP contribution in [-0.2, 0) is 4.79 Å². The van der Waals surface area contributed by atoms with Gasteiger partial charge < -0.3 is 10.1 Å². The van der Waals surface area contributed by atoms with Crippen LogP contribution >= 0.6 is 11.6 Å². The lowest BCUT2D eigenvalue weighted by molar-refractivity contribution is -0.118. The van der Waals surface area contributed by atoms with Gasteiger partial charge in [-0.2, -0.15) is 0 Å². The normalized spacial score (nSPS) is 9.83. The van der Waals surface area contributed by atoms with Gasteiger partial charge >= 0.3 is 0 Å². The average molecular weight is 263 g/mol. The van der Waals surface area contributed by atoms with Crippen LogP contribution in [0.3, 0.4) is 0 Å². The lowest BCUT2D eigenvalue weighted by atomic mass is 10.3. The van der Waals surface area contributed by atoms with E-state index in [2.05, 4.69) is 10.3 Å². The van der Waals surface area contributed by atoms with E-state index in [9.17, 15) is 4.79 Å². The minimum Gasteiger partial charge on any atom is -0.484 e. The molecule has 18 heavy (non-hydrogen) atoms. The molecule has 1 heterocycles. The van der Waals surface area contributed by atoms with E-state index in [1.54, 1.807) is 24.3 Å². The number of anilines is 1. The first-order chi connectivity index (χ1) is 8.74. The van der Waals surface area contributed by atoms with Gasteiger partial charge in [0.25, 0.3) is 5.91 Å². The number of carbonyl (C=O) groups excluding carboxylic acids is 1. The van der Waals surface area contributed by atoms with Gasteiger partial charge in [-0.05, 0) is 24.3 Å². The Hall–Kier alpha value is -2.07. The number of ether oxygens (including phenoxy) is 1. The molecule has 0 radical (unpaired) electrons. The standard InChI is InChI=1S/C13H11ClN2O2/c14-10-6-7-15-12(8-10)16-13(17)9-18-11-4-2-1-3-5-11/h1-8H,9H2,(H,15,16,17). The molecule has 0 aliphatic rings. The van der Waals surface area contributed by atoms with E-state index in [0.29, 0.717) is 16.6 Å². The number of benzene rings is 1. The Morgan fingerprint density at radius 1 is 1.28 bits per heavy atom. The summed E-state index contributed by atoms with van der Waals surface area (Å²) in [5.41, 5.74) is 0. The molecule has 2 rings (SSSR count). The van der Waals surface area contributed by atoms with Crippen molar-refractivity contribution in [2.75, 3.05) is 11.9 Å². The number of halogens is 1. The van der Waals surface area contributed by atoms with Crippen LogP contribution in [-0.4, -0.2) is 17.5 Å². The van der Waals surface area contributed by atoms with Crippen LogP contribution in [0.5, 0.6) is 5.75 Å². The maximum Gasteiger partial charge on any atom is 0.263 e. The highest BCUT2D eigenvalue weighted by atomic mass is 35.5. The summed E-state index contributed by atoms with van der Waals surface area (Å²) < 4.78 is 5.30. The van der Waals surface area contributed by atoms with Crippen molar-refractivity contribution in [2.45, 2.75) is 0 Å². The van der Waals surface area contributed by atoms with Crippen LogP contribution in [0.2, 0.25) is 5.02 Å². The third kappa shape index (κ3) is 3.75. The SMILES string of the molecule is O=C(COc1ccccc1)Nc1cc(Cl)ccn1. The van der Waals surface area contributed by atoms with Crippen LogP contribution in [0.1, 0.15) is 0 Å². The van der Waals surface area contributed by atoms with Crippen molar-refractivity contribution in [3.8, 4) is 5.75 Å². The Morgan fingerprint density at radius 3 is 2.78 bits per heavy atom. The second kappa shape index (κ2) is 6.02. The van der Waals surface area contributed by atoms with E-state index in [0.717, 1.165) is 0 Å². The number of pyridine rings is 1. The van der Waals surface area contributed by atoms with E-state index in [-0.39, 0.29) is 12.5 Å². The van der Waals surface area contributed by atoms with Gasteiger partial charge in [-0.15, -0.1) is 0 Å². The monoisotopic (exact) mass is 262 g/mol. The molecular formula is C13H11ClN2O2. The molecule has 4 nitrogen and oxygen atoms in total. The summed E-state index contributed by atoms with van der Waals surface area (Å²) in [5, 5.41) is 3.11. The first kappa shape index (κ1) is 12.4. The molecule has 0 bridgehead atoms. The van der Waals surface area contributed by atoms with Gasteiger partial charge in [0.2, 0.25) is 0 Å². The smallest absolute Gasteiger partial charge is 0.263 e. The number of rotatable bonds is 4. The van der Waals surface area contributed by atoms with Crippen molar-refractivity contribution in [1.82, 2.24) is 4.98 Å². The maximum absolute atomic E-state index is 11.6. The Balaban J connectivity index is 1.86. The molecular weight excluding hydrogens is 252 g/mol. The van der Waals surface area contributed by atoms with Crippen molar-refractivity contribution in [2.24, 2.45) is 0 Å². The van der Waals surface area contributed by atoms with Crippen LogP contribution in [0.25, 0.3) is 0 Å². The number of amides is 1. The number of hydrogen-bond acceptors (Lipinski definition) is 3. The minimum atomic E-state index is -0.284. The molecule has 5 heteroatoms. The number of hydrogen-bond donors (Lipinski definition) is 1. The lowest BCUT2D eigenvalue weighted by Crippen LogP contribution is -2.20. The fourth-order valence-corrected chi connectivity index (χ4v) is 1.48. The third-order valence-electron chi connectivity index (χ3n) is 2.10. The highest BCUT2D eigenvalue weighted by molar-refractivity contribution is 6.30. The van der Waals surface area contributed by atoms with Crippen molar-refractivity contribution in [3.63, 3.8) is 0 Å². The molecule has 0 fully saturated rings. The van der Waals surface area contributed by atoms with Crippen LogP contribution in [0, 0.1) is 0 Å².